The highest BCUT2D eigenvalue weighted by atomic mass is 16.5. The number of hydrogen-bond donors (Lipinski definition) is 0. The van der Waals surface area contributed by atoms with Crippen LogP contribution in [0.5, 0.6) is 5.75 Å². The van der Waals surface area contributed by atoms with Gasteiger partial charge in [-0.05, 0) is 22.8 Å². The summed E-state index contributed by atoms with van der Waals surface area (Å²) in [7, 11) is 1.70. The lowest BCUT2D eigenvalue weighted by molar-refractivity contribution is 0.414. The zero-order chi connectivity index (χ0) is 15.2. The first-order valence-electron chi connectivity index (χ1n) is 7.34. The lowest BCUT2D eigenvalue weighted by Crippen LogP contribution is -1.86. The molecule has 0 heterocycles. The van der Waals surface area contributed by atoms with Crippen LogP contribution in [0.4, 0.5) is 0 Å². The van der Waals surface area contributed by atoms with Crippen LogP contribution >= 0.6 is 0 Å². The van der Waals surface area contributed by atoms with E-state index in [1.165, 1.54) is 16.7 Å². The highest BCUT2D eigenvalue weighted by molar-refractivity contribution is 5.81. The van der Waals surface area contributed by atoms with Crippen LogP contribution in [0.25, 0.3) is 23.3 Å². The van der Waals surface area contributed by atoms with Crippen LogP contribution in [-0.2, 0) is 0 Å². The van der Waals surface area contributed by atoms with Crippen molar-refractivity contribution in [1.29, 1.82) is 0 Å². The van der Waals surface area contributed by atoms with Gasteiger partial charge in [0.2, 0.25) is 0 Å². The molecule has 3 rings (SSSR count). The Labute approximate surface area is 131 Å². The fourth-order valence-corrected chi connectivity index (χ4v) is 2.51. The first-order chi connectivity index (χ1) is 10.9. The van der Waals surface area contributed by atoms with Crippen LogP contribution in [0, 0.1) is 0 Å². The second-order valence-corrected chi connectivity index (χ2v) is 5.03. The van der Waals surface area contributed by atoms with E-state index in [4.69, 9.17) is 4.74 Å². The van der Waals surface area contributed by atoms with Crippen LogP contribution in [0.1, 0.15) is 11.1 Å². The zero-order valence-corrected chi connectivity index (χ0v) is 12.6. The molecular weight excluding hydrogens is 268 g/mol. The Bertz CT molecular complexity index is 773. The molecule has 3 aromatic rings. The van der Waals surface area contributed by atoms with Gasteiger partial charge >= 0.3 is 0 Å². The van der Waals surface area contributed by atoms with E-state index in [2.05, 4.69) is 66.7 Å². The standard InChI is InChI=1S/C21H18O/c1-22-21-14-8-6-12-19(21)16-15-18-11-5-7-13-20(18)17-9-3-2-4-10-17/h2-16H,1H3/b16-15+. The molecule has 0 aliphatic rings. The van der Waals surface area contributed by atoms with Gasteiger partial charge in [0.1, 0.15) is 5.75 Å². The molecule has 0 aliphatic heterocycles. The van der Waals surface area contributed by atoms with Gasteiger partial charge in [-0.15, -0.1) is 0 Å². The van der Waals surface area contributed by atoms with Crippen molar-refractivity contribution in [1.82, 2.24) is 0 Å². The third kappa shape index (κ3) is 3.09. The zero-order valence-electron chi connectivity index (χ0n) is 12.6. The van der Waals surface area contributed by atoms with Gasteiger partial charge in [0, 0.05) is 5.56 Å². The number of para-hydroxylation sites is 1. The molecule has 0 unspecified atom stereocenters. The molecule has 0 fully saturated rings. The van der Waals surface area contributed by atoms with E-state index in [1.807, 2.05) is 24.3 Å². The van der Waals surface area contributed by atoms with Gasteiger partial charge in [-0.2, -0.15) is 0 Å². The van der Waals surface area contributed by atoms with Crippen molar-refractivity contribution in [2.75, 3.05) is 7.11 Å². The maximum atomic E-state index is 5.40. The summed E-state index contributed by atoms with van der Waals surface area (Å²) in [4.78, 5) is 0. The Morgan fingerprint density at radius 1 is 0.636 bits per heavy atom. The maximum Gasteiger partial charge on any atom is 0.126 e. The third-order valence-corrected chi connectivity index (χ3v) is 3.63. The topological polar surface area (TPSA) is 9.23 Å². The minimum atomic E-state index is 0.885. The van der Waals surface area contributed by atoms with Crippen LogP contribution in [0.2, 0.25) is 0 Å². The smallest absolute Gasteiger partial charge is 0.126 e. The highest BCUT2D eigenvalue weighted by Crippen LogP contribution is 2.26. The maximum absolute atomic E-state index is 5.40. The lowest BCUT2D eigenvalue weighted by Gasteiger charge is -2.07. The average Bonchev–Trinajstić information content (AvgIpc) is 2.61. The van der Waals surface area contributed by atoms with Gasteiger partial charge in [0.15, 0.2) is 0 Å². The van der Waals surface area contributed by atoms with Gasteiger partial charge in [0.05, 0.1) is 7.11 Å². The largest absolute Gasteiger partial charge is 0.496 e. The Kier molecular flexibility index (Phi) is 4.35. The number of benzene rings is 3. The minimum Gasteiger partial charge on any atom is -0.496 e. The van der Waals surface area contributed by atoms with E-state index in [0.29, 0.717) is 0 Å². The van der Waals surface area contributed by atoms with E-state index in [0.717, 1.165) is 11.3 Å². The lowest BCUT2D eigenvalue weighted by atomic mass is 9.99. The first-order valence-corrected chi connectivity index (χ1v) is 7.34. The molecule has 108 valence electrons. The summed E-state index contributed by atoms with van der Waals surface area (Å²) in [5.74, 6) is 0.885. The van der Waals surface area contributed by atoms with Crippen LogP contribution in [0.15, 0.2) is 78.9 Å². The Morgan fingerprint density at radius 3 is 2.00 bits per heavy atom. The van der Waals surface area contributed by atoms with E-state index in [-0.39, 0.29) is 0 Å². The molecule has 1 nitrogen and oxygen atoms in total. The molecule has 0 aromatic heterocycles. The van der Waals surface area contributed by atoms with Gasteiger partial charge < -0.3 is 4.74 Å². The number of ether oxygens (including phenoxy) is 1. The van der Waals surface area contributed by atoms with Gasteiger partial charge in [-0.1, -0.05) is 84.9 Å². The molecule has 0 bridgehead atoms. The van der Waals surface area contributed by atoms with E-state index in [9.17, 15) is 0 Å². The van der Waals surface area contributed by atoms with Crippen molar-refractivity contribution >= 4 is 12.2 Å². The first kappa shape index (κ1) is 14.2. The molecule has 1 heteroatoms. The average molecular weight is 286 g/mol. The van der Waals surface area contributed by atoms with Crippen molar-refractivity contribution in [3.63, 3.8) is 0 Å². The molecule has 22 heavy (non-hydrogen) atoms. The van der Waals surface area contributed by atoms with Crippen molar-refractivity contribution < 1.29 is 4.74 Å². The quantitative estimate of drug-likeness (QED) is 0.573. The predicted octanol–water partition coefficient (Wildman–Crippen LogP) is 5.53. The van der Waals surface area contributed by atoms with E-state index < -0.39 is 0 Å². The second-order valence-electron chi connectivity index (χ2n) is 5.03. The molecule has 0 N–H and O–H groups in total. The monoisotopic (exact) mass is 286 g/mol. The number of methoxy groups -OCH3 is 1. The molecule has 0 radical (unpaired) electrons. The van der Waals surface area contributed by atoms with Crippen molar-refractivity contribution in [2.24, 2.45) is 0 Å². The molecule has 0 atom stereocenters. The minimum absolute atomic E-state index is 0.885. The molecule has 0 aliphatic carbocycles. The summed E-state index contributed by atoms with van der Waals surface area (Å²) in [5, 5.41) is 0. The third-order valence-electron chi connectivity index (χ3n) is 3.63. The molecule has 0 amide bonds. The van der Waals surface area contributed by atoms with Crippen LogP contribution < -0.4 is 4.74 Å². The summed E-state index contributed by atoms with van der Waals surface area (Å²) in [5.41, 5.74) is 4.73. The molecule has 0 spiro atoms. The molecule has 0 saturated carbocycles. The highest BCUT2D eigenvalue weighted by Gasteiger charge is 2.02. The van der Waals surface area contributed by atoms with E-state index >= 15 is 0 Å². The number of rotatable bonds is 4. The van der Waals surface area contributed by atoms with Gasteiger partial charge in [-0.3, -0.25) is 0 Å². The fraction of sp³-hybridized carbons (Fsp3) is 0.0476. The second kappa shape index (κ2) is 6.77. The van der Waals surface area contributed by atoms with Crippen LogP contribution in [0.3, 0.4) is 0 Å². The summed E-state index contributed by atoms with van der Waals surface area (Å²) in [6, 6.07) is 26.9. The Morgan fingerprint density at radius 2 is 1.23 bits per heavy atom. The van der Waals surface area contributed by atoms with Crippen LogP contribution in [-0.4, -0.2) is 7.11 Å². The van der Waals surface area contributed by atoms with Gasteiger partial charge in [0.25, 0.3) is 0 Å². The Balaban J connectivity index is 1.98. The Hall–Kier alpha value is -2.80. The van der Waals surface area contributed by atoms with Gasteiger partial charge in [-0.25, -0.2) is 0 Å². The SMILES string of the molecule is COc1ccccc1/C=C/c1ccccc1-c1ccccc1. The summed E-state index contributed by atoms with van der Waals surface area (Å²) in [6.45, 7) is 0. The normalized spacial score (nSPS) is 10.8. The summed E-state index contributed by atoms with van der Waals surface area (Å²) in [6.07, 6.45) is 4.24. The summed E-state index contributed by atoms with van der Waals surface area (Å²) >= 11 is 0. The molecular formula is C21H18O. The van der Waals surface area contributed by atoms with E-state index in [1.54, 1.807) is 7.11 Å². The van der Waals surface area contributed by atoms with Crippen molar-refractivity contribution in [3.8, 4) is 16.9 Å². The molecule has 0 saturated heterocycles. The fourth-order valence-electron chi connectivity index (χ4n) is 2.51. The summed E-state index contributed by atoms with van der Waals surface area (Å²) < 4.78 is 5.40. The predicted molar refractivity (Wildman–Crippen MR) is 93.8 cm³/mol. The molecule has 3 aromatic carbocycles. The number of hydrogen-bond acceptors (Lipinski definition) is 1. The van der Waals surface area contributed by atoms with Crippen molar-refractivity contribution in [2.45, 2.75) is 0 Å². The van der Waals surface area contributed by atoms with Crippen molar-refractivity contribution in [3.05, 3.63) is 90.0 Å².